The number of hydrogen-bond donors (Lipinski definition) is 2. The SMILES string of the molecule is COCCCC(Nc1cccc(Br)c1C#N)C(=O)O. The summed E-state index contributed by atoms with van der Waals surface area (Å²) >= 11 is 3.27. The quantitative estimate of drug-likeness (QED) is 0.752. The Bertz CT molecular complexity index is 485. The highest BCUT2D eigenvalue weighted by Crippen LogP contribution is 2.24. The number of carboxylic acid groups (broad SMARTS) is 1. The minimum Gasteiger partial charge on any atom is -0.480 e. The lowest BCUT2D eigenvalue weighted by atomic mass is 10.1. The van der Waals surface area contributed by atoms with E-state index >= 15 is 0 Å². The molecule has 5 nitrogen and oxygen atoms in total. The van der Waals surface area contributed by atoms with Crippen LogP contribution in [0.5, 0.6) is 0 Å². The fraction of sp³-hybridized carbons (Fsp3) is 0.385. The summed E-state index contributed by atoms with van der Waals surface area (Å²) < 4.78 is 5.55. The van der Waals surface area contributed by atoms with E-state index in [1.165, 1.54) is 0 Å². The lowest BCUT2D eigenvalue weighted by Gasteiger charge is -2.16. The molecule has 0 aliphatic heterocycles. The molecule has 1 unspecified atom stereocenters. The number of nitrogens with one attached hydrogen (secondary N) is 1. The molecule has 102 valence electrons. The Labute approximate surface area is 120 Å². The average Bonchev–Trinajstić information content (AvgIpc) is 2.37. The van der Waals surface area contributed by atoms with Crippen molar-refractivity contribution < 1.29 is 14.6 Å². The number of halogens is 1. The molecule has 1 aromatic carbocycles. The van der Waals surface area contributed by atoms with E-state index in [4.69, 9.17) is 15.1 Å². The predicted molar refractivity (Wildman–Crippen MR) is 75.0 cm³/mol. The minimum absolute atomic E-state index is 0.403. The van der Waals surface area contributed by atoms with E-state index in [0.717, 1.165) is 0 Å². The van der Waals surface area contributed by atoms with Crippen LogP contribution in [-0.4, -0.2) is 30.8 Å². The molecule has 1 aromatic rings. The van der Waals surface area contributed by atoms with Crippen molar-refractivity contribution >= 4 is 27.6 Å². The molecule has 0 aliphatic rings. The van der Waals surface area contributed by atoms with Gasteiger partial charge in [-0.15, -0.1) is 0 Å². The molecule has 0 spiro atoms. The van der Waals surface area contributed by atoms with Crippen molar-refractivity contribution in [1.82, 2.24) is 0 Å². The smallest absolute Gasteiger partial charge is 0.326 e. The summed E-state index contributed by atoms with van der Waals surface area (Å²) in [6.07, 6.45) is 1.07. The van der Waals surface area contributed by atoms with Gasteiger partial charge < -0.3 is 15.2 Å². The van der Waals surface area contributed by atoms with Crippen LogP contribution in [0.2, 0.25) is 0 Å². The van der Waals surface area contributed by atoms with E-state index in [9.17, 15) is 4.79 Å². The second-order valence-electron chi connectivity index (χ2n) is 3.94. The monoisotopic (exact) mass is 326 g/mol. The third-order valence-corrected chi connectivity index (χ3v) is 3.26. The number of rotatable bonds is 7. The Hall–Kier alpha value is -1.58. The lowest BCUT2D eigenvalue weighted by Crippen LogP contribution is -2.29. The minimum atomic E-state index is -0.944. The summed E-state index contributed by atoms with van der Waals surface area (Å²) in [7, 11) is 1.57. The van der Waals surface area contributed by atoms with Gasteiger partial charge in [-0.05, 0) is 40.9 Å². The normalized spacial score (nSPS) is 11.6. The Morgan fingerprint density at radius 2 is 2.37 bits per heavy atom. The van der Waals surface area contributed by atoms with Crippen LogP contribution in [0.4, 0.5) is 5.69 Å². The van der Waals surface area contributed by atoms with Crippen LogP contribution < -0.4 is 5.32 Å². The zero-order chi connectivity index (χ0) is 14.3. The van der Waals surface area contributed by atoms with Crippen molar-refractivity contribution in [3.63, 3.8) is 0 Å². The third kappa shape index (κ3) is 4.54. The number of hydrogen-bond acceptors (Lipinski definition) is 4. The van der Waals surface area contributed by atoms with Gasteiger partial charge in [0, 0.05) is 18.2 Å². The second-order valence-corrected chi connectivity index (χ2v) is 4.80. The first-order chi connectivity index (χ1) is 9.10. The number of nitriles is 1. The summed E-state index contributed by atoms with van der Waals surface area (Å²) in [6, 6.07) is 6.49. The number of carbonyl (C=O) groups is 1. The van der Waals surface area contributed by atoms with Gasteiger partial charge in [0.15, 0.2) is 0 Å². The summed E-state index contributed by atoms with van der Waals surface area (Å²) in [5.41, 5.74) is 0.919. The molecular weight excluding hydrogens is 312 g/mol. The van der Waals surface area contributed by atoms with Gasteiger partial charge in [-0.1, -0.05) is 6.07 Å². The molecule has 0 heterocycles. The standard InChI is InChI=1S/C13H15BrN2O3/c1-19-7-3-6-12(13(17)18)16-11-5-2-4-10(14)9(11)8-15/h2,4-5,12,16H,3,6-7H2,1H3,(H,17,18). The van der Waals surface area contributed by atoms with Gasteiger partial charge in [0.1, 0.15) is 12.1 Å². The van der Waals surface area contributed by atoms with Crippen LogP contribution in [0.25, 0.3) is 0 Å². The van der Waals surface area contributed by atoms with E-state index in [2.05, 4.69) is 21.2 Å². The molecule has 0 radical (unpaired) electrons. The molecule has 6 heteroatoms. The molecule has 0 bridgehead atoms. The third-order valence-electron chi connectivity index (χ3n) is 2.59. The van der Waals surface area contributed by atoms with Crippen LogP contribution in [0.1, 0.15) is 18.4 Å². The van der Waals surface area contributed by atoms with E-state index in [0.29, 0.717) is 35.2 Å². The highest BCUT2D eigenvalue weighted by molar-refractivity contribution is 9.10. The second kappa shape index (κ2) is 7.77. The molecule has 2 N–H and O–H groups in total. The van der Waals surface area contributed by atoms with Crippen LogP contribution in [-0.2, 0) is 9.53 Å². The first kappa shape index (κ1) is 15.5. The van der Waals surface area contributed by atoms with Gasteiger partial charge in [0.05, 0.1) is 11.3 Å². The maximum Gasteiger partial charge on any atom is 0.326 e. The van der Waals surface area contributed by atoms with Crippen molar-refractivity contribution in [3.05, 3.63) is 28.2 Å². The predicted octanol–water partition coefficient (Wildman–Crippen LogP) is 2.61. The van der Waals surface area contributed by atoms with E-state index in [-0.39, 0.29) is 0 Å². The van der Waals surface area contributed by atoms with E-state index in [1.54, 1.807) is 25.3 Å². The van der Waals surface area contributed by atoms with Crippen LogP contribution in [0.3, 0.4) is 0 Å². The van der Waals surface area contributed by atoms with Gasteiger partial charge in [0.25, 0.3) is 0 Å². The first-order valence-corrected chi connectivity index (χ1v) is 6.56. The molecule has 1 rings (SSSR count). The molecule has 0 saturated carbocycles. The van der Waals surface area contributed by atoms with Gasteiger partial charge in [-0.2, -0.15) is 5.26 Å². The number of aliphatic carboxylic acids is 1. The largest absolute Gasteiger partial charge is 0.480 e. The van der Waals surface area contributed by atoms with Gasteiger partial charge in [-0.25, -0.2) is 4.79 Å². The summed E-state index contributed by atoms with van der Waals surface area (Å²) in [5, 5.41) is 21.1. The zero-order valence-corrected chi connectivity index (χ0v) is 12.1. The van der Waals surface area contributed by atoms with Crippen LogP contribution in [0.15, 0.2) is 22.7 Å². The molecule has 0 fully saturated rings. The Balaban J connectivity index is 2.82. The van der Waals surface area contributed by atoms with Gasteiger partial charge in [0.2, 0.25) is 0 Å². The Morgan fingerprint density at radius 1 is 1.63 bits per heavy atom. The highest BCUT2D eigenvalue weighted by Gasteiger charge is 2.18. The maximum absolute atomic E-state index is 11.2. The number of anilines is 1. The van der Waals surface area contributed by atoms with Gasteiger partial charge >= 0.3 is 5.97 Å². The molecule has 1 atom stereocenters. The number of benzene rings is 1. The summed E-state index contributed by atoms with van der Waals surface area (Å²) in [6.45, 7) is 0.509. The molecular formula is C13H15BrN2O3. The Morgan fingerprint density at radius 3 is 2.95 bits per heavy atom. The summed E-state index contributed by atoms with van der Waals surface area (Å²) in [5.74, 6) is -0.944. The highest BCUT2D eigenvalue weighted by atomic mass is 79.9. The topological polar surface area (TPSA) is 82.3 Å². The zero-order valence-electron chi connectivity index (χ0n) is 10.5. The molecule has 0 amide bonds. The summed E-state index contributed by atoms with van der Waals surface area (Å²) in [4.78, 5) is 11.2. The van der Waals surface area contributed by atoms with Crippen LogP contribution in [0, 0.1) is 11.3 Å². The van der Waals surface area contributed by atoms with Crippen molar-refractivity contribution in [2.75, 3.05) is 19.0 Å². The molecule has 19 heavy (non-hydrogen) atoms. The van der Waals surface area contributed by atoms with Gasteiger partial charge in [-0.3, -0.25) is 0 Å². The number of carboxylic acids is 1. The van der Waals surface area contributed by atoms with Crippen molar-refractivity contribution in [2.24, 2.45) is 0 Å². The van der Waals surface area contributed by atoms with Crippen LogP contribution >= 0.6 is 15.9 Å². The van der Waals surface area contributed by atoms with E-state index in [1.807, 2.05) is 6.07 Å². The lowest BCUT2D eigenvalue weighted by molar-refractivity contribution is -0.138. The molecule has 0 aromatic heterocycles. The Kier molecular flexibility index (Phi) is 6.33. The number of nitrogens with zero attached hydrogens (tertiary/aromatic N) is 1. The van der Waals surface area contributed by atoms with E-state index < -0.39 is 12.0 Å². The van der Waals surface area contributed by atoms with Crippen molar-refractivity contribution in [1.29, 1.82) is 5.26 Å². The number of methoxy groups -OCH3 is 1. The number of ether oxygens (including phenoxy) is 1. The van der Waals surface area contributed by atoms with Crippen molar-refractivity contribution in [3.8, 4) is 6.07 Å². The maximum atomic E-state index is 11.2. The van der Waals surface area contributed by atoms with Crippen molar-refractivity contribution in [2.45, 2.75) is 18.9 Å². The molecule has 0 aliphatic carbocycles. The fourth-order valence-electron chi connectivity index (χ4n) is 1.63. The molecule has 0 saturated heterocycles. The fourth-order valence-corrected chi connectivity index (χ4v) is 2.09. The average molecular weight is 327 g/mol. The first-order valence-electron chi connectivity index (χ1n) is 5.77.